The Morgan fingerprint density at radius 1 is 1.29 bits per heavy atom. The number of rotatable bonds is 8. The Kier molecular flexibility index (Phi) is 6.74. The van der Waals surface area contributed by atoms with Crippen LogP contribution in [0.2, 0.25) is 0 Å². The van der Waals surface area contributed by atoms with E-state index in [4.69, 9.17) is 9.47 Å². The van der Waals surface area contributed by atoms with Crippen molar-refractivity contribution in [3.63, 3.8) is 0 Å². The predicted octanol–water partition coefficient (Wildman–Crippen LogP) is 1.94. The number of carbonyl (C=O) groups is 3. The van der Waals surface area contributed by atoms with Gasteiger partial charge in [-0.05, 0) is 38.8 Å². The number of nitrogens with zero attached hydrogens (tertiary/aromatic N) is 3. The van der Waals surface area contributed by atoms with Crippen LogP contribution in [0.1, 0.15) is 46.8 Å². The number of esters is 1. The number of carbonyl (C=O) groups excluding carboxylic acids is 3. The van der Waals surface area contributed by atoms with Gasteiger partial charge in [0.05, 0.1) is 13.2 Å². The predicted molar refractivity (Wildman–Crippen MR) is 114 cm³/mol. The van der Waals surface area contributed by atoms with E-state index in [2.05, 4.69) is 10.4 Å². The lowest BCUT2D eigenvalue weighted by molar-refractivity contribution is -0.126. The zero-order chi connectivity index (χ0) is 22.6. The maximum Gasteiger partial charge on any atom is 0.358 e. The van der Waals surface area contributed by atoms with Crippen LogP contribution in [0, 0.1) is 6.92 Å². The van der Waals surface area contributed by atoms with Crippen LogP contribution >= 0.6 is 0 Å². The number of aromatic nitrogens is 2. The molecule has 9 nitrogen and oxygen atoms in total. The van der Waals surface area contributed by atoms with Gasteiger partial charge in [-0.3, -0.25) is 19.2 Å². The van der Waals surface area contributed by atoms with E-state index < -0.39 is 17.4 Å². The first-order valence-corrected chi connectivity index (χ1v) is 10.3. The molecule has 1 aliphatic rings. The van der Waals surface area contributed by atoms with Gasteiger partial charge in [-0.15, -0.1) is 0 Å². The quantitative estimate of drug-likeness (QED) is 0.509. The molecule has 2 amide bonds. The van der Waals surface area contributed by atoms with Crippen molar-refractivity contribution in [2.75, 3.05) is 31.8 Å². The fraction of sp³-hybridized carbons (Fsp3) is 0.455. The van der Waals surface area contributed by atoms with Crippen molar-refractivity contribution in [2.24, 2.45) is 0 Å². The zero-order valence-electron chi connectivity index (χ0n) is 18.3. The van der Waals surface area contributed by atoms with Crippen LogP contribution in [0.3, 0.4) is 0 Å². The molecular weight excluding hydrogens is 400 g/mol. The van der Waals surface area contributed by atoms with E-state index in [1.807, 2.05) is 31.2 Å². The highest BCUT2D eigenvalue weighted by atomic mass is 16.5. The number of fused-ring (bicyclic) bond motifs is 1. The molecular formula is C22H28N4O5. The van der Waals surface area contributed by atoms with Gasteiger partial charge in [0, 0.05) is 32.0 Å². The van der Waals surface area contributed by atoms with Crippen LogP contribution in [0.15, 0.2) is 30.3 Å². The number of hydrogen-bond donors (Lipinski definition) is 1. The summed E-state index contributed by atoms with van der Waals surface area (Å²) in [6.45, 7) is 6.52. The number of benzene rings is 1. The van der Waals surface area contributed by atoms with Gasteiger partial charge in [0.25, 0.3) is 5.91 Å². The largest absolute Gasteiger partial charge is 0.461 e. The van der Waals surface area contributed by atoms with E-state index in [0.717, 1.165) is 5.56 Å². The first kappa shape index (κ1) is 22.5. The first-order valence-electron chi connectivity index (χ1n) is 10.3. The summed E-state index contributed by atoms with van der Waals surface area (Å²) in [5.41, 5.74) is 0.511. The van der Waals surface area contributed by atoms with Gasteiger partial charge in [-0.1, -0.05) is 18.2 Å². The number of amides is 2. The molecule has 1 N–H and O–H groups in total. The van der Waals surface area contributed by atoms with Gasteiger partial charge < -0.3 is 14.8 Å². The smallest absolute Gasteiger partial charge is 0.358 e. The summed E-state index contributed by atoms with van der Waals surface area (Å²) in [5.74, 6) is -1.32. The van der Waals surface area contributed by atoms with Crippen molar-refractivity contribution in [3.05, 3.63) is 47.3 Å². The molecule has 0 saturated heterocycles. The fourth-order valence-corrected chi connectivity index (χ4v) is 3.69. The van der Waals surface area contributed by atoms with Crippen molar-refractivity contribution >= 4 is 23.5 Å². The molecule has 0 unspecified atom stereocenters. The standard InChI is InChI=1S/C22H28N4O5/c1-5-31-20(28)16-13-18-19(27)26(17-10-7-6-9-15(17)2)22(3,14-25(18)24-16)21(29)23-11-8-12-30-4/h6-7,9-10,13H,5,8,11-12,14H2,1-4H3,(H,23,29)/t22-/m0/s1. The summed E-state index contributed by atoms with van der Waals surface area (Å²) in [5, 5.41) is 7.16. The minimum absolute atomic E-state index is 0.0414. The average Bonchev–Trinajstić information content (AvgIpc) is 3.16. The molecule has 0 bridgehead atoms. The second kappa shape index (κ2) is 9.30. The summed E-state index contributed by atoms with van der Waals surface area (Å²) in [4.78, 5) is 40.5. The van der Waals surface area contributed by atoms with Crippen LogP contribution in [-0.4, -0.2) is 60.0 Å². The van der Waals surface area contributed by atoms with Crippen molar-refractivity contribution in [1.82, 2.24) is 15.1 Å². The Bertz CT molecular complexity index is 986. The van der Waals surface area contributed by atoms with Gasteiger partial charge >= 0.3 is 5.97 Å². The molecule has 0 saturated carbocycles. The SMILES string of the molecule is CCOC(=O)c1cc2n(n1)C[C@@](C)(C(=O)NCCCOC)N(c1ccccc1C)C2=O. The second-order valence-corrected chi connectivity index (χ2v) is 7.60. The summed E-state index contributed by atoms with van der Waals surface area (Å²) in [7, 11) is 1.60. The summed E-state index contributed by atoms with van der Waals surface area (Å²) in [6, 6.07) is 8.81. The van der Waals surface area contributed by atoms with E-state index in [1.54, 1.807) is 21.0 Å². The van der Waals surface area contributed by atoms with Crippen LogP contribution in [0.25, 0.3) is 0 Å². The number of ether oxygens (including phenoxy) is 2. The second-order valence-electron chi connectivity index (χ2n) is 7.60. The highest BCUT2D eigenvalue weighted by molar-refractivity contribution is 6.12. The maximum atomic E-state index is 13.6. The Hall–Kier alpha value is -3.20. The number of hydrogen-bond acceptors (Lipinski definition) is 6. The maximum absolute atomic E-state index is 13.6. The Morgan fingerprint density at radius 3 is 2.71 bits per heavy atom. The lowest BCUT2D eigenvalue weighted by Crippen LogP contribution is -2.64. The van der Waals surface area contributed by atoms with Gasteiger partial charge in [0.2, 0.25) is 5.91 Å². The van der Waals surface area contributed by atoms with Gasteiger partial charge in [-0.2, -0.15) is 5.10 Å². The monoisotopic (exact) mass is 428 g/mol. The van der Waals surface area contributed by atoms with Gasteiger partial charge in [0.15, 0.2) is 5.69 Å². The molecule has 9 heteroatoms. The molecule has 1 atom stereocenters. The Balaban J connectivity index is 2.03. The molecule has 1 aromatic carbocycles. The minimum atomic E-state index is -1.25. The van der Waals surface area contributed by atoms with E-state index >= 15 is 0 Å². The molecule has 2 aromatic rings. The molecule has 1 aromatic heterocycles. The highest BCUT2D eigenvalue weighted by Gasteiger charge is 2.49. The lowest BCUT2D eigenvalue weighted by atomic mass is 9.93. The molecule has 166 valence electrons. The molecule has 0 aliphatic carbocycles. The van der Waals surface area contributed by atoms with Crippen LogP contribution < -0.4 is 10.2 Å². The van der Waals surface area contributed by atoms with Crippen molar-refractivity contribution < 1.29 is 23.9 Å². The highest BCUT2D eigenvalue weighted by Crippen LogP contribution is 2.34. The minimum Gasteiger partial charge on any atom is -0.461 e. The van der Waals surface area contributed by atoms with Crippen molar-refractivity contribution in [2.45, 2.75) is 39.3 Å². The number of aryl methyl sites for hydroxylation is 1. The number of para-hydroxylation sites is 1. The van der Waals surface area contributed by atoms with Gasteiger partial charge in [0.1, 0.15) is 11.2 Å². The van der Waals surface area contributed by atoms with Crippen molar-refractivity contribution in [3.8, 4) is 0 Å². The number of anilines is 1. The third-order valence-corrected chi connectivity index (χ3v) is 5.29. The number of methoxy groups -OCH3 is 1. The molecule has 0 spiro atoms. The summed E-state index contributed by atoms with van der Waals surface area (Å²) >= 11 is 0. The third kappa shape index (κ3) is 4.32. The lowest BCUT2D eigenvalue weighted by Gasteiger charge is -2.43. The molecule has 0 fully saturated rings. The van der Waals surface area contributed by atoms with Crippen LogP contribution in [-0.2, 0) is 20.8 Å². The molecule has 1 aliphatic heterocycles. The van der Waals surface area contributed by atoms with Crippen LogP contribution in [0.4, 0.5) is 5.69 Å². The number of nitrogens with one attached hydrogen (secondary N) is 1. The van der Waals surface area contributed by atoms with Crippen molar-refractivity contribution in [1.29, 1.82) is 0 Å². The molecule has 31 heavy (non-hydrogen) atoms. The van der Waals surface area contributed by atoms with E-state index in [0.29, 0.717) is 25.3 Å². The van der Waals surface area contributed by atoms with Gasteiger partial charge in [-0.25, -0.2) is 4.79 Å². The molecule has 0 radical (unpaired) electrons. The van der Waals surface area contributed by atoms with E-state index in [-0.39, 0.29) is 30.4 Å². The molecule has 3 rings (SSSR count). The van der Waals surface area contributed by atoms with Crippen LogP contribution in [0.5, 0.6) is 0 Å². The first-order chi connectivity index (χ1) is 14.8. The normalized spacial score (nSPS) is 17.9. The average molecular weight is 428 g/mol. The van der Waals surface area contributed by atoms with E-state index in [9.17, 15) is 14.4 Å². The zero-order valence-corrected chi connectivity index (χ0v) is 18.3. The fourth-order valence-electron chi connectivity index (χ4n) is 3.69. The summed E-state index contributed by atoms with van der Waals surface area (Å²) < 4.78 is 11.5. The Morgan fingerprint density at radius 2 is 2.03 bits per heavy atom. The molecule has 2 heterocycles. The topological polar surface area (TPSA) is 103 Å². The Labute approximate surface area is 181 Å². The third-order valence-electron chi connectivity index (χ3n) is 5.29. The van der Waals surface area contributed by atoms with E-state index in [1.165, 1.54) is 15.6 Å². The summed E-state index contributed by atoms with van der Waals surface area (Å²) in [6.07, 6.45) is 0.649.